The summed E-state index contributed by atoms with van der Waals surface area (Å²) in [5.41, 5.74) is 2.72. The third-order valence-corrected chi connectivity index (χ3v) is 4.81. The van der Waals surface area contributed by atoms with Crippen molar-refractivity contribution >= 4 is 12.0 Å². The monoisotopic (exact) mass is 302 g/mol. The molecule has 0 spiro atoms. The van der Waals surface area contributed by atoms with Crippen LogP contribution in [0.5, 0.6) is 0 Å². The summed E-state index contributed by atoms with van der Waals surface area (Å²) in [7, 11) is 0. The first-order valence-corrected chi connectivity index (χ1v) is 7.98. The second-order valence-electron chi connectivity index (χ2n) is 6.24. The lowest BCUT2D eigenvalue weighted by Crippen LogP contribution is -2.47. The number of piperidine rings is 1. The molecule has 2 atom stereocenters. The van der Waals surface area contributed by atoms with Gasteiger partial charge in [0.05, 0.1) is 5.92 Å². The molecule has 2 aliphatic rings. The Balaban J connectivity index is 1.54. The fourth-order valence-corrected chi connectivity index (χ4v) is 3.54. The van der Waals surface area contributed by atoms with Crippen molar-refractivity contribution in [1.82, 2.24) is 10.2 Å². The molecule has 2 unspecified atom stereocenters. The molecule has 1 saturated heterocycles. The number of nitrogens with zero attached hydrogens (tertiary/aromatic N) is 1. The zero-order chi connectivity index (χ0) is 15.5. The fourth-order valence-electron chi connectivity index (χ4n) is 3.54. The van der Waals surface area contributed by atoms with Gasteiger partial charge in [-0.15, -0.1) is 0 Å². The Morgan fingerprint density at radius 2 is 2.09 bits per heavy atom. The number of rotatable bonds is 3. The number of aliphatic carboxylic acids is 1. The molecule has 1 aliphatic carbocycles. The molecular formula is C17H22N2O3. The zero-order valence-corrected chi connectivity index (χ0v) is 12.6. The number of carboxylic acids is 1. The van der Waals surface area contributed by atoms with Gasteiger partial charge in [0, 0.05) is 25.6 Å². The van der Waals surface area contributed by atoms with Crippen LogP contribution in [0, 0.1) is 5.92 Å². The van der Waals surface area contributed by atoms with Crippen molar-refractivity contribution in [2.75, 3.05) is 19.6 Å². The van der Waals surface area contributed by atoms with E-state index in [1.165, 1.54) is 11.1 Å². The Labute approximate surface area is 130 Å². The zero-order valence-electron chi connectivity index (χ0n) is 12.6. The van der Waals surface area contributed by atoms with Crippen molar-refractivity contribution in [2.24, 2.45) is 5.92 Å². The molecule has 1 aromatic rings. The third kappa shape index (κ3) is 3.08. The second-order valence-corrected chi connectivity index (χ2v) is 6.24. The van der Waals surface area contributed by atoms with Crippen molar-refractivity contribution in [3.05, 3.63) is 35.4 Å². The number of aryl methyl sites for hydroxylation is 1. The SMILES string of the molecule is O=C(O)C1CCCN(C(=O)NCC2CCc3ccccc32)C1. The van der Waals surface area contributed by atoms with Crippen LogP contribution in [0.25, 0.3) is 0 Å². The summed E-state index contributed by atoms with van der Waals surface area (Å²) in [5, 5.41) is 12.1. The normalized spacial score (nSPS) is 23.9. The average Bonchev–Trinajstić information content (AvgIpc) is 2.96. The van der Waals surface area contributed by atoms with Gasteiger partial charge < -0.3 is 15.3 Å². The third-order valence-electron chi connectivity index (χ3n) is 4.81. The van der Waals surface area contributed by atoms with E-state index in [4.69, 9.17) is 5.11 Å². The van der Waals surface area contributed by atoms with Crippen LogP contribution in [-0.4, -0.2) is 41.6 Å². The molecule has 1 aromatic carbocycles. The highest BCUT2D eigenvalue weighted by Crippen LogP contribution is 2.32. The lowest BCUT2D eigenvalue weighted by atomic mass is 9.98. The average molecular weight is 302 g/mol. The predicted octanol–water partition coefficient (Wildman–Crippen LogP) is 2.22. The summed E-state index contributed by atoms with van der Waals surface area (Å²) in [6.07, 6.45) is 3.56. The van der Waals surface area contributed by atoms with Crippen LogP contribution in [-0.2, 0) is 11.2 Å². The van der Waals surface area contributed by atoms with E-state index in [9.17, 15) is 9.59 Å². The molecule has 1 aliphatic heterocycles. The van der Waals surface area contributed by atoms with Crippen LogP contribution in [0.15, 0.2) is 24.3 Å². The Hall–Kier alpha value is -2.04. The number of carbonyl (C=O) groups is 2. The molecule has 0 radical (unpaired) electrons. The summed E-state index contributed by atoms with van der Waals surface area (Å²) in [6, 6.07) is 8.26. The van der Waals surface area contributed by atoms with Gasteiger partial charge in [0.1, 0.15) is 0 Å². The van der Waals surface area contributed by atoms with Crippen molar-refractivity contribution in [2.45, 2.75) is 31.6 Å². The van der Waals surface area contributed by atoms with Crippen molar-refractivity contribution in [3.63, 3.8) is 0 Å². The van der Waals surface area contributed by atoms with Gasteiger partial charge in [0.2, 0.25) is 0 Å². The quantitative estimate of drug-likeness (QED) is 0.899. The number of nitrogens with one attached hydrogen (secondary N) is 1. The molecule has 5 heteroatoms. The highest BCUT2D eigenvalue weighted by atomic mass is 16.4. The van der Waals surface area contributed by atoms with Gasteiger partial charge >= 0.3 is 12.0 Å². The number of carbonyl (C=O) groups excluding carboxylic acids is 1. The maximum absolute atomic E-state index is 12.3. The molecule has 0 aromatic heterocycles. The summed E-state index contributed by atoms with van der Waals surface area (Å²) >= 11 is 0. The molecule has 3 rings (SSSR count). The van der Waals surface area contributed by atoms with Crippen LogP contribution < -0.4 is 5.32 Å². The van der Waals surface area contributed by atoms with Gasteiger partial charge in [0.15, 0.2) is 0 Å². The number of urea groups is 1. The van der Waals surface area contributed by atoms with E-state index in [-0.39, 0.29) is 6.03 Å². The van der Waals surface area contributed by atoms with Gasteiger partial charge in [-0.1, -0.05) is 24.3 Å². The predicted molar refractivity (Wildman–Crippen MR) is 82.8 cm³/mol. The van der Waals surface area contributed by atoms with Crippen LogP contribution >= 0.6 is 0 Å². The van der Waals surface area contributed by atoms with Gasteiger partial charge in [0.25, 0.3) is 0 Å². The number of fused-ring (bicyclic) bond motifs is 1. The minimum atomic E-state index is -0.803. The Morgan fingerprint density at radius 1 is 1.27 bits per heavy atom. The second kappa shape index (κ2) is 6.38. The van der Waals surface area contributed by atoms with Crippen LogP contribution in [0.3, 0.4) is 0 Å². The Kier molecular flexibility index (Phi) is 4.32. The van der Waals surface area contributed by atoms with E-state index in [2.05, 4.69) is 23.5 Å². The van der Waals surface area contributed by atoms with Crippen LogP contribution in [0.4, 0.5) is 4.79 Å². The number of benzene rings is 1. The number of hydrogen-bond acceptors (Lipinski definition) is 2. The highest BCUT2D eigenvalue weighted by molar-refractivity contribution is 5.76. The molecule has 5 nitrogen and oxygen atoms in total. The Morgan fingerprint density at radius 3 is 2.91 bits per heavy atom. The lowest BCUT2D eigenvalue weighted by molar-refractivity contribution is -0.143. The van der Waals surface area contributed by atoms with Crippen LogP contribution in [0.2, 0.25) is 0 Å². The highest BCUT2D eigenvalue weighted by Gasteiger charge is 2.29. The summed E-state index contributed by atoms with van der Waals surface area (Å²) in [4.78, 5) is 25.0. The first kappa shape index (κ1) is 14.9. The van der Waals surface area contributed by atoms with Gasteiger partial charge in [-0.3, -0.25) is 4.79 Å². The van der Waals surface area contributed by atoms with Crippen LogP contribution in [0.1, 0.15) is 36.3 Å². The minimum absolute atomic E-state index is 0.129. The van der Waals surface area contributed by atoms with E-state index in [1.54, 1.807) is 4.90 Å². The minimum Gasteiger partial charge on any atom is -0.481 e. The van der Waals surface area contributed by atoms with E-state index in [1.807, 2.05) is 6.07 Å². The molecule has 1 fully saturated rings. The first-order valence-electron chi connectivity index (χ1n) is 7.98. The maximum atomic E-state index is 12.3. The number of likely N-dealkylation sites (tertiary alicyclic amines) is 1. The smallest absolute Gasteiger partial charge is 0.317 e. The van der Waals surface area contributed by atoms with E-state index < -0.39 is 11.9 Å². The van der Waals surface area contributed by atoms with Crippen molar-refractivity contribution < 1.29 is 14.7 Å². The molecule has 0 saturated carbocycles. The maximum Gasteiger partial charge on any atom is 0.317 e. The van der Waals surface area contributed by atoms with Crippen molar-refractivity contribution in [3.8, 4) is 0 Å². The van der Waals surface area contributed by atoms with Gasteiger partial charge in [-0.2, -0.15) is 0 Å². The molecule has 2 N–H and O–H groups in total. The van der Waals surface area contributed by atoms with Gasteiger partial charge in [-0.25, -0.2) is 4.79 Å². The fraction of sp³-hybridized carbons (Fsp3) is 0.529. The number of amides is 2. The molecule has 1 heterocycles. The first-order chi connectivity index (χ1) is 10.6. The summed E-state index contributed by atoms with van der Waals surface area (Å²) in [5.74, 6) is -0.853. The standard InChI is InChI=1S/C17H22N2O3/c20-16(21)14-5-3-9-19(11-14)17(22)18-10-13-8-7-12-4-1-2-6-15(12)13/h1-2,4,6,13-14H,3,5,7-11H2,(H,18,22)(H,20,21). The number of carboxylic acid groups (broad SMARTS) is 1. The summed E-state index contributed by atoms with van der Waals surface area (Å²) in [6.45, 7) is 1.60. The van der Waals surface area contributed by atoms with E-state index in [0.29, 0.717) is 32.0 Å². The lowest BCUT2D eigenvalue weighted by Gasteiger charge is -2.31. The number of hydrogen-bond donors (Lipinski definition) is 2. The largest absolute Gasteiger partial charge is 0.481 e. The molecule has 118 valence electrons. The van der Waals surface area contributed by atoms with E-state index in [0.717, 1.165) is 19.3 Å². The topological polar surface area (TPSA) is 69.6 Å². The van der Waals surface area contributed by atoms with Crippen molar-refractivity contribution in [1.29, 1.82) is 0 Å². The Bertz CT molecular complexity index is 573. The molecular weight excluding hydrogens is 280 g/mol. The molecule has 0 bridgehead atoms. The van der Waals surface area contributed by atoms with E-state index >= 15 is 0 Å². The molecule has 22 heavy (non-hydrogen) atoms. The van der Waals surface area contributed by atoms with Gasteiger partial charge in [-0.05, 0) is 36.8 Å². The summed E-state index contributed by atoms with van der Waals surface area (Å²) < 4.78 is 0. The molecule has 2 amide bonds.